The highest BCUT2D eigenvalue weighted by atomic mass is 32.1. The maximum Gasteiger partial charge on any atom is 0.350 e. The molecule has 2 heterocycles. The highest BCUT2D eigenvalue weighted by molar-refractivity contribution is 7.17. The van der Waals surface area contributed by atoms with Crippen molar-refractivity contribution in [3.8, 4) is 0 Å². The van der Waals surface area contributed by atoms with E-state index in [4.69, 9.17) is 4.74 Å². The lowest BCUT2D eigenvalue weighted by molar-refractivity contribution is -0.132. The van der Waals surface area contributed by atoms with Crippen molar-refractivity contribution in [1.82, 2.24) is 4.98 Å². The quantitative estimate of drug-likeness (QED) is 0.266. The summed E-state index contributed by atoms with van der Waals surface area (Å²) in [5.41, 5.74) is 0.463. The molecule has 33 heavy (non-hydrogen) atoms. The Morgan fingerprint density at radius 3 is 2.21 bits per heavy atom. The summed E-state index contributed by atoms with van der Waals surface area (Å²) < 4.78 is 31.7. The van der Waals surface area contributed by atoms with Gasteiger partial charge in [-0.15, -0.1) is 0 Å². The Hall–Kier alpha value is -3.92. The summed E-state index contributed by atoms with van der Waals surface area (Å²) in [6.07, 6.45) is 0. The summed E-state index contributed by atoms with van der Waals surface area (Å²) in [4.78, 5) is 43.6. The van der Waals surface area contributed by atoms with Gasteiger partial charge in [0.15, 0.2) is 5.13 Å². The fourth-order valence-electron chi connectivity index (χ4n) is 3.52. The van der Waals surface area contributed by atoms with Crippen LogP contribution in [-0.4, -0.2) is 34.9 Å². The molecule has 1 aliphatic heterocycles. The predicted octanol–water partition coefficient (Wildman–Crippen LogP) is 4.14. The second kappa shape index (κ2) is 8.55. The van der Waals surface area contributed by atoms with Gasteiger partial charge in [-0.3, -0.25) is 14.5 Å². The Morgan fingerprint density at radius 2 is 1.64 bits per heavy atom. The van der Waals surface area contributed by atoms with E-state index in [2.05, 4.69) is 4.98 Å². The van der Waals surface area contributed by atoms with E-state index in [-0.39, 0.29) is 21.1 Å². The van der Waals surface area contributed by atoms with E-state index in [1.165, 1.54) is 31.4 Å². The summed E-state index contributed by atoms with van der Waals surface area (Å²) in [6.45, 7) is 1.55. The van der Waals surface area contributed by atoms with Gasteiger partial charge in [0.05, 0.1) is 24.4 Å². The number of aliphatic hydroxyl groups is 1. The third-order valence-corrected chi connectivity index (χ3v) is 6.25. The van der Waals surface area contributed by atoms with E-state index in [0.717, 1.165) is 40.5 Å². The normalized spacial score (nSPS) is 17.5. The largest absolute Gasteiger partial charge is 0.507 e. The Morgan fingerprint density at radius 1 is 1.06 bits per heavy atom. The Bertz CT molecular complexity index is 1300. The zero-order chi connectivity index (χ0) is 23.9. The van der Waals surface area contributed by atoms with Gasteiger partial charge in [-0.1, -0.05) is 23.5 Å². The van der Waals surface area contributed by atoms with Crippen molar-refractivity contribution < 1.29 is 33.0 Å². The molecule has 1 atom stereocenters. The fraction of sp³-hybridized carbons (Fsp3) is 0.130. The molecule has 2 aromatic carbocycles. The molecular formula is C23H16F2N2O5S. The number of hydrogen-bond donors (Lipinski definition) is 1. The molecule has 4 rings (SSSR count). The second-order valence-electron chi connectivity index (χ2n) is 7.13. The smallest absolute Gasteiger partial charge is 0.350 e. The number of hydrogen-bond acceptors (Lipinski definition) is 7. The molecule has 1 fully saturated rings. The van der Waals surface area contributed by atoms with Gasteiger partial charge in [-0.05, 0) is 48.9 Å². The predicted molar refractivity (Wildman–Crippen MR) is 116 cm³/mol. The summed E-state index contributed by atoms with van der Waals surface area (Å²) >= 11 is 0.848. The fourth-order valence-corrected chi connectivity index (χ4v) is 4.53. The van der Waals surface area contributed by atoms with Crippen LogP contribution in [-0.2, 0) is 14.3 Å². The van der Waals surface area contributed by atoms with E-state index < -0.39 is 41.1 Å². The first-order valence-corrected chi connectivity index (χ1v) is 10.4. The lowest BCUT2D eigenvalue weighted by atomic mass is 9.95. The third-order valence-electron chi connectivity index (χ3n) is 5.11. The van der Waals surface area contributed by atoms with Crippen molar-refractivity contribution in [2.75, 3.05) is 12.0 Å². The number of aliphatic hydroxyl groups excluding tert-OH is 1. The van der Waals surface area contributed by atoms with E-state index >= 15 is 0 Å². The first-order chi connectivity index (χ1) is 15.7. The molecule has 1 N–H and O–H groups in total. The Kier molecular flexibility index (Phi) is 5.77. The van der Waals surface area contributed by atoms with Crippen LogP contribution in [0.3, 0.4) is 0 Å². The number of ketones is 1. The van der Waals surface area contributed by atoms with Crippen LogP contribution >= 0.6 is 11.3 Å². The van der Waals surface area contributed by atoms with Crippen molar-refractivity contribution in [1.29, 1.82) is 0 Å². The van der Waals surface area contributed by atoms with Crippen LogP contribution in [0.5, 0.6) is 0 Å². The average Bonchev–Trinajstić information content (AvgIpc) is 3.31. The van der Waals surface area contributed by atoms with Gasteiger partial charge < -0.3 is 9.84 Å². The first kappa shape index (κ1) is 22.3. The van der Waals surface area contributed by atoms with Gasteiger partial charge in [0.1, 0.15) is 22.3 Å². The number of rotatable bonds is 4. The minimum Gasteiger partial charge on any atom is -0.507 e. The number of carbonyl (C=O) groups excluding carboxylic acids is 3. The number of anilines is 1. The zero-order valence-corrected chi connectivity index (χ0v) is 18.2. The van der Waals surface area contributed by atoms with Crippen molar-refractivity contribution in [3.05, 3.63) is 87.4 Å². The number of halogens is 2. The Labute approximate surface area is 190 Å². The number of benzene rings is 2. The maximum absolute atomic E-state index is 13.6. The monoisotopic (exact) mass is 470 g/mol. The van der Waals surface area contributed by atoms with Crippen LogP contribution in [0, 0.1) is 18.6 Å². The summed E-state index contributed by atoms with van der Waals surface area (Å²) in [7, 11) is 1.20. The molecule has 1 amide bonds. The summed E-state index contributed by atoms with van der Waals surface area (Å²) in [5.74, 6) is -4.25. The van der Waals surface area contributed by atoms with Crippen LogP contribution in [0.15, 0.2) is 54.1 Å². The molecule has 0 saturated carbocycles. The van der Waals surface area contributed by atoms with Gasteiger partial charge in [-0.25, -0.2) is 18.6 Å². The second-order valence-corrected chi connectivity index (χ2v) is 8.11. The maximum atomic E-state index is 13.6. The number of thiazole rings is 1. The molecule has 0 unspecified atom stereocenters. The van der Waals surface area contributed by atoms with Gasteiger partial charge in [0.2, 0.25) is 0 Å². The van der Waals surface area contributed by atoms with Gasteiger partial charge in [-0.2, -0.15) is 0 Å². The number of amides is 1. The van der Waals surface area contributed by atoms with Gasteiger partial charge in [0, 0.05) is 5.56 Å². The SMILES string of the molecule is COC(=O)c1sc(N2C(=O)C(=O)C(=C(O)c3ccc(F)cc3)[C@H]2c2ccc(F)cc2)nc1C. The topological polar surface area (TPSA) is 96.8 Å². The van der Waals surface area contributed by atoms with Crippen molar-refractivity contribution in [2.24, 2.45) is 0 Å². The number of carbonyl (C=O) groups is 3. The molecule has 168 valence electrons. The van der Waals surface area contributed by atoms with Crippen LogP contribution < -0.4 is 4.90 Å². The van der Waals surface area contributed by atoms with Crippen LogP contribution in [0.1, 0.15) is 32.5 Å². The van der Waals surface area contributed by atoms with E-state index in [1.807, 2.05) is 0 Å². The van der Waals surface area contributed by atoms with E-state index in [0.29, 0.717) is 11.3 Å². The minimum atomic E-state index is -1.16. The molecular weight excluding hydrogens is 454 g/mol. The van der Waals surface area contributed by atoms with Crippen LogP contribution in [0.25, 0.3) is 5.76 Å². The molecule has 3 aromatic rings. The lowest BCUT2D eigenvalue weighted by Crippen LogP contribution is -2.29. The minimum absolute atomic E-state index is 0.0301. The molecule has 10 heteroatoms. The number of aromatic nitrogens is 1. The standard InChI is InChI=1S/C23H16F2N2O5S/c1-11-20(22(31)32-2)33-23(26-11)27-17(12-3-7-14(24)8-4-12)16(19(29)21(27)30)18(28)13-5-9-15(25)10-6-13/h3-10,17,28H,1-2H3/t17-/m1/s1. The molecule has 1 aliphatic rings. The van der Waals surface area contributed by atoms with Crippen molar-refractivity contribution in [3.63, 3.8) is 0 Å². The number of methoxy groups -OCH3 is 1. The average molecular weight is 470 g/mol. The lowest BCUT2D eigenvalue weighted by Gasteiger charge is -2.23. The summed E-state index contributed by atoms with van der Waals surface area (Å²) in [5, 5.41) is 11.0. The molecule has 0 spiro atoms. The van der Waals surface area contributed by atoms with Gasteiger partial charge >= 0.3 is 11.9 Å². The van der Waals surface area contributed by atoms with Crippen LogP contribution in [0.4, 0.5) is 13.9 Å². The Balaban J connectivity index is 1.93. The van der Waals surface area contributed by atoms with Gasteiger partial charge in [0.25, 0.3) is 5.78 Å². The third kappa shape index (κ3) is 3.89. The van der Waals surface area contributed by atoms with E-state index in [1.54, 1.807) is 6.92 Å². The number of ether oxygens (including phenoxy) is 1. The molecule has 1 aromatic heterocycles. The molecule has 1 saturated heterocycles. The van der Waals surface area contributed by atoms with Crippen molar-refractivity contribution in [2.45, 2.75) is 13.0 Å². The summed E-state index contributed by atoms with van der Waals surface area (Å²) in [6, 6.07) is 8.63. The van der Waals surface area contributed by atoms with Crippen molar-refractivity contribution >= 4 is 39.9 Å². The highest BCUT2D eigenvalue weighted by Gasteiger charge is 2.48. The molecule has 0 radical (unpaired) electrons. The number of aryl methyl sites for hydroxylation is 1. The number of esters is 1. The molecule has 7 nitrogen and oxygen atoms in total. The van der Waals surface area contributed by atoms with E-state index in [9.17, 15) is 28.3 Å². The molecule has 0 aliphatic carbocycles. The zero-order valence-electron chi connectivity index (χ0n) is 17.3. The number of Topliss-reactive ketones (excluding diaryl/α,β-unsaturated/α-hetero) is 1. The first-order valence-electron chi connectivity index (χ1n) is 9.61. The highest BCUT2D eigenvalue weighted by Crippen LogP contribution is 2.43. The molecule has 0 bridgehead atoms. The van der Waals surface area contributed by atoms with Crippen LogP contribution in [0.2, 0.25) is 0 Å². The number of nitrogens with zero attached hydrogens (tertiary/aromatic N) is 2.